The summed E-state index contributed by atoms with van der Waals surface area (Å²) in [6.07, 6.45) is 3.47. The Bertz CT molecular complexity index is 641. The van der Waals surface area contributed by atoms with Crippen LogP contribution in [0.5, 0.6) is 0 Å². The molecule has 0 radical (unpaired) electrons. The van der Waals surface area contributed by atoms with Crippen molar-refractivity contribution in [1.82, 2.24) is 15.2 Å². The molecule has 1 amide bonds. The highest BCUT2D eigenvalue weighted by atomic mass is 32.1. The van der Waals surface area contributed by atoms with Gasteiger partial charge in [-0.25, -0.2) is 4.98 Å². The van der Waals surface area contributed by atoms with Gasteiger partial charge in [0.2, 0.25) is 5.91 Å². The summed E-state index contributed by atoms with van der Waals surface area (Å²) in [4.78, 5) is 19.2. The van der Waals surface area contributed by atoms with Crippen LogP contribution in [0, 0.1) is 0 Å². The molecule has 1 aromatic carbocycles. The largest absolute Gasteiger partial charge is 0.338 e. The van der Waals surface area contributed by atoms with Gasteiger partial charge in [-0.3, -0.25) is 4.79 Å². The topological polar surface area (TPSA) is 45.2 Å². The first-order chi connectivity index (χ1) is 11.3. The molecule has 3 rings (SSSR count). The van der Waals surface area contributed by atoms with E-state index in [1.54, 1.807) is 11.3 Å². The van der Waals surface area contributed by atoms with Crippen molar-refractivity contribution in [1.29, 1.82) is 0 Å². The molecule has 2 aromatic rings. The number of hydrogen-bond acceptors (Lipinski definition) is 4. The third-order valence-electron chi connectivity index (χ3n) is 4.27. The molecular formula is C18H23N3OS. The Morgan fingerprint density at radius 1 is 1.39 bits per heavy atom. The second-order valence-electron chi connectivity index (χ2n) is 6.01. The monoisotopic (exact) mass is 329 g/mol. The Hall–Kier alpha value is -1.72. The number of likely N-dealkylation sites (tertiary alicyclic amines) is 1. The summed E-state index contributed by atoms with van der Waals surface area (Å²) in [5.41, 5.74) is 2.16. The van der Waals surface area contributed by atoms with E-state index in [4.69, 9.17) is 0 Å². The van der Waals surface area contributed by atoms with E-state index in [2.05, 4.69) is 22.4 Å². The van der Waals surface area contributed by atoms with Crippen LogP contribution in [0.4, 0.5) is 0 Å². The molecule has 5 heteroatoms. The number of likely N-dealkylation sites (N-methyl/N-ethyl adjacent to an activating group) is 1. The molecule has 1 atom stereocenters. The van der Waals surface area contributed by atoms with Crippen LogP contribution < -0.4 is 5.32 Å². The van der Waals surface area contributed by atoms with Gasteiger partial charge in [-0.2, -0.15) is 0 Å². The Balaban J connectivity index is 1.59. The quantitative estimate of drug-likeness (QED) is 0.885. The van der Waals surface area contributed by atoms with Gasteiger partial charge in [-0.15, -0.1) is 11.3 Å². The number of amides is 1. The molecule has 0 aliphatic carbocycles. The number of nitrogens with zero attached hydrogens (tertiary/aromatic N) is 2. The normalized spacial score (nSPS) is 17.6. The molecule has 1 aliphatic rings. The fourth-order valence-electron chi connectivity index (χ4n) is 3.15. The summed E-state index contributed by atoms with van der Waals surface area (Å²) in [7, 11) is 1.94. The molecule has 23 heavy (non-hydrogen) atoms. The lowest BCUT2D eigenvalue weighted by Gasteiger charge is -2.24. The van der Waals surface area contributed by atoms with Crippen LogP contribution in [-0.4, -0.2) is 42.0 Å². The molecular weight excluding hydrogens is 306 g/mol. The first kappa shape index (κ1) is 16.1. The fraction of sp³-hybridized carbons (Fsp3) is 0.444. The zero-order valence-corrected chi connectivity index (χ0v) is 14.3. The fourth-order valence-corrected chi connectivity index (χ4v) is 3.98. The smallest absolute Gasteiger partial charge is 0.228 e. The Morgan fingerprint density at radius 3 is 3.00 bits per heavy atom. The Kier molecular flexibility index (Phi) is 5.41. The number of thiazole rings is 1. The zero-order valence-electron chi connectivity index (χ0n) is 13.5. The van der Waals surface area contributed by atoms with Crippen LogP contribution in [0.15, 0.2) is 35.7 Å². The van der Waals surface area contributed by atoms with E-state index in [9.17, 15) is 4.79 Å². The second-order valence-corrected chi connectivity index (χ2v) is 6.96. The van der Waals surface area contributed by atoms with Crippen molar-refractivity contribution in [3.05, 3.63) is 52.0 Å². The second kappa shape index (κ2) is 7.70. The Morgan fingerprint density at radius 2 is 2.22 bits per heavy atom. The molecule has 1 N–H and O–H groups in total. The van der Waals surface area contributed by atoms with E-state index >= 15 is 0 Å². The number of carbonyl (C=O) groups excluding carboxylic acids is 1. The van der Waals surface area contributed by atoms with Gasteiger partial charge in [-0.1, -0.05) is 30.3 Å². The number of carbonyl (C=O) groups is 1. The summed E-state index contributed by atoms with van der Waals surface area (Å²) in [5, 5.41) is 6.29. The minimum atomic E-state index is 0.208. The van der Waals surface area contributed by atoms with E-state index in [1.807, 2.05) is 35.5 Å². The Labute approximate surface area is 141 Å². The molecule has 1 fully saturated rings. The van der Waals surface area contributed by atoms with Crippen molar-refractivity contribution < 1.29 is 4.79 Å². The molecule has 0 spiro atoms. The lowest BCUT2D eigenvalue weighted by atomic mass is 10.2. The highest BCUT2D eigenvalue weighted by molar-refractivity contribution is 7.09. The maximum Gasteiger partial charge on any atom is 0.228 e. The highest BCUT2D eigenvalue weighted by Crippen LogP contribution is 2.20. The van der Waals surface area contributed by atoms with Gasteiger partial charge in [0.15, 0.2) is 0 Å². The predicted octanol–water partition coefficient (Wildman–Crippen LogP) is 2.49. The highest BCUT2D eigenvalue weighted by Gasteiger charge is 2.28. The molecule has 122 valence electrons. The standard InChI is InChI=1S/C18H23N3OS/c1-19-12-16-8-5-9-21(16)18(22)11-15-13-23-17(20-15)10-14-6-3-2-4-7-14/h2-4,6-7,13,16,19H,5,8-12H2,1H3. The molecule has 2 heterocycles. The molecule has 1 aromatic heterocycles. The van der Waals surface area contributed by atoms with Crippen LogP contribution in [0.2, 0.25) is 0 Å². The zero-order chi connectivity index (χ0) is 16.1. The van der Waals surface area contributed by atoms with Gasteiger partial charge >= 0.3 is 0 Å². The number of rotatable bonds is 6. The molecule has 0 saturated carbocycles. The molecule has 0 bridgehead atoms. The number of hydrogen-bond donors (Lipinski definition) is 1. The van der Waals surface area contributed by atoms with Gasteiger partial charge < -0.3 is 10.2 Å². The lowest BCUT2D eigenvalue weighted by molar-refractivity contribution is -0.131. The summed E-state index contributed by atoms with van der Waals surface area (Å²) in [6, 6.07) is 10.7. The third-order valence-corrected chi connectivity index (χ3v) is 5.16. The maximum atomic E-state index is 12.5. The van der Waals surface area contributed by atoms with Gasteiger partial charge in [0, 0.05) is 30.9 Å². The summed E-state index contributed by atoms with van der Waals surface area (Å²) in [6.45, 7) is 1.76. The molecule has 4 nitrogen and oxygen atoms in total. The first-order valence-electron chi connectivity index (χ1n) is 8.17. The van der Waals surface area contributed by atoms with Crippen LogP contribution in [0.1, 0.15) is 29.1 Å². The van der Waals surface area contributed by atoms with Gasteiger partial charge in [-0.05, 0) is 25.5 Å². The number of aromatic nitrogens is 1. The SMILES string of the molecule is CNCC1CCCN1C(=O)Cc1csc(Cc2ccccc2)n1. The van der Waals surface area contributed by atoms with Crippen molar-refractivity contribution >= 4 is 17.2 Å². The maximum absolute atomic E-state index is 12.5. The summed E-state index contributed by atoms with van der Waals surface area (Å²) < 4.78 is 0. The van der Waals surface area contributed by atoms with Crippen molar-refractivity contribution in [3.63, 3.8) is 0 Å². The number of benzene rings is 1. The van der Waals surface area contributed by atoms with Crippen LogP contribution in [-0.2, 0) is 17.6 Å². The van der Waals surface area contributed by atoms with E-state index in [0.29, 0.717) is 12.5 Å². The van der Waals surface area contributed by atoms with Gasteiger partial charge in [0.25, 0.3) is 0 Å². The third kappa shape index (κ3) is 4.18. The van der Waals surface area contributed by atoms with E-state index in [-0.39, 0.29) is 5.91 Å². The average molecular weight is 329 g/mol. The molecule has 1 unspecified atom stereocenters. The minimum absolute atomic E-state index is 0.208. The lowest BCUT2D eigenvalue weighted by Crippen LogP contribution is -2.41. The molecule has 1 saturated heterocycles. The van der Waals surface area contributed by atoms with E-state index < -0.39 is 0 Å². The van der Waals surface area contributed by atoms with Crippen molar-refractivity contribution in [2.24, 2.45) is 0 Å². The van der Waals surface area contributed by atoms with Crippen LogP contribution in [0.3, 0.4) is 0 Å². The van der Waals surface area contributed by atoms with E-state index in [1.165, 1.54) is 5.56 Å². The number of nitrogens with one attached hydrogen (secondary N) is 1. The molecule has 1 aliphatic heterocycles. The van der Waals surface area contributed by atoms with Crippen molar-refractivity contribution in [3.8, 4) is 0 Å². The summed E-state index contributed by atoms with van der Waals surface area (Å²) in [5.74, 6) is 0.208. The summed E-state index contributed by atoms with van der Waals surface area (Å²) >= 11 is 1.65. The van der Waals surface area contributed by atoms with Crippen molar-refractivity contribution in [2.75, 3.05) is 20.1 Å². The van der Waals surface area contributed by atoms with Crippen LogP contribution in [0.25, 0.3) is 0 Å². The first-order valence-corrected chi connectivity index (χ1v) is 9.05. The average Bonchev–Trinajstić information content (AvgIpc) is 3.18. The van der Waals surface area contributed by atoms with Crippen molar-refractivity contribution in [2.45, 2.75) is 31.7 Å². The minimum Gasteiger partial charge on any atom is -0.338 e. The van der Waals surface area contributed by atoms with Gasteiger partial charge in [0.1, 0.15) is 0 Å². The predicted molar refractivity (Wildman–Crippen MR) is 93.7 cm³/mol. The van der Waals surface area contributed by atoms with Crippen LogP contribution >= 0.6 is 11.3 Å². The van der Waals surface area contributed by atoms with Gasteiger partial charge in [0.05, 0.1) is 17.1 Å². The van der Waals surface area contributed by atoms with E-state index in [0.717, 1.165) is 43.1 Å².